The van der Waals surface area contributed by atoms with Crippen LogP contribution in [0, 0.1) is 0 Å². The number of likely N-dealkylation sites (N-methyl/N-ethyl adjacent to an activating group) is 1. The zero-order chi connectivity index (χ0) is 37.6. The van der Waals surface area contributed by atoms with Crippen molar-refractivity contribution in [3.63, 3.8) is 0 Å². The molecule has 0 atom stereocenters. The van der Waals surface area contributed by atoms with Crippen molar-refractivity contribution < 1.29 is 18.8 Å². The van der Waals surface area contributed by atoms with Crippen LogP contribution in [0.2, 0.25) is 0 Å². The minimum absolute atomic E-state index is 0.115. The molecule has 0 N–H and O–H groups in total. The molecule has 6 rings (SSSR count). The summed E-state index contributed by atoms with van der Waals surface area (Å²) >= 11 is 0. The van der Waals surface area contributed by atoms with E-state index in [1.54, 1.807) is 11.9 Å². The summed E-state index contributed by atoms with van der Waals surface area (Å²) in [5, 5.41) is 0. The first-order chi connectivity index (χ1) is 25.6. The highest BCUT2D eigenvalue weighted by atomic mass is 16.6. The molecule has 0 saturated heterocycles. The fourth-order valence-corrected chi connectivity index (χ4v) is 8.18. The Bertz CT molecular complexity index is 1950. The molecule has 278 valence electrons. The average molecular weight is 713 g/mol. The van der Waals surface area contributed by atoms with Crippen LogP contribution in [0.4, 0.5) is 16.2 Å². The van der Waals surface area contributed by atoms with E-state index in [-0.39, 0.29) is 23.5 Å². The molecule has 0 saturated carbocycles. The van der Waals surface area contributed by atoms with Gasteiger partial charge in [0.2, 0.25) is 5.69 Å². The molecule has 6 heteroatoms. The quantitative estimate of drug-likeness (QED) is 0.166. The predicted octanol–water partition coefficient (Wildman–Crippen LogP) is 10.8. The number of hydrogen-bond donors (Lipinski definition) is 0. The number of allylic oxidation sites excluding steroid dienone is 7. The van der Waals surface area contributed by atoms with E-state index in [2.05, 4.69) is 124 Å². The Balaban J connectivity index is 1.32. The smallest absolute Gasteiger partial charge is 0.409 e. The van der Waals surface area contributed by atoms with Crippen LogP contribution in [0.5, 0.6) is 0 Å². The van der Waals surface area contributed by atoms with Gasteiger partial charge in [-0.1, -0.05) is 101 Å². The largest absolute Gasteiger partial charge is 0.491 e. The van der Waals surface area contributed by atoms with Gasteiger partial charge in [0.15, 0.2) is 5.71 Å². The van der Waals surface area contributed by atoms with Gasteiger partial charge in [0.25, 0.3) is 0 Å². The first kappa shape index (κ1) is 37.9. The average Bonchev–Trinajstić information content (AvgIpc) is 3.51. The molecule has 1 aliphatic carbocycles. The van der Waals surface area contributed by atoms with Gasteiger partial charge in [-0.05, 0) is 80.0 Å². The van der Waals surface area contributed by atoms with Crippen molar-refractivity contribution in [2.24, 2.45) is 0 Å². The highest BCUT2D eigenvalue weighted by Crippen LogP contribution is 2.48. The maximum atomic E-state index is 12.9. The molecule has 0 unspecified atom stereocenters. The van der Waals surface area contributed by atoms with E-state index in [4.69, 9.17) is 9.47 Å². The molecule has 53 heavy (non-hydrogen) atoms. The van der Waals surface area contributed by atoms with Crippen molar-refractivity contribution in [3.8, 4) is 0 Å². The van der Waals surface area contributed by atoms with E-state index >= 15 is 0 Å². The maximum absolute atomic E-state index is 12.9. The minimum atomic E-state index is -0.356. The van der Waals surface area contributed by atoms with Gasteiger partial charge < -0.3 is 19.3 Å². The highest BCUT2D eigenvalue weighted by Gasteiger charge is 2.44. The van der Waals surface area contributed by atoms with Gasteiger partial charge in [-0.15, -0.1) is 0 Å². The van der Waals surface area contributed by atoms with Gasteiger partial charge in [0.05, 0.1) is 12.0 Å². The number of hydrogen-bond acceptors (Lipinski definition) is 4. The summed E-state index contributed by atoms with van der Waals surface area (Å²) in [7, 11) is 1.77. The fraction of sp³-hybridized carbons (Fsp3) is 0.404. The van der Waals surface area contributed by atoms with Crippen molar-refractivity contribution >= 4 is 23.2 Å². The number of benzene rings is 3. The molecule has 0 spiro atoms. The Kier molecular flexibility index (Phi) is 11.8. The van der Waals surface area contributed by atoms with E-state index in [9.17, 15) is 4.79 Å². The lowest BCUT2D eigenvalue weighted by atomic mass is 9.81. The third-order valence-electron chi connectivity index (χ3n) is 11.0. The number of fused-ring (bicyclic) bond motifs is 2. The third-order valence-corrected chi connectivity index (χ3v) is 11.0. The van der Waals surface area contributed by atoms with Gasteiger partial charge in [0.1, 0.15) is 25.5 Å². The number of nitrogens with zero attached hydrogens (tertiary/aromatic N) is 3. The van der Waals surface area contributed by atoms with Crippen LogP contribution in [-0.4, -0.2) is 54.6 Å². The second kappa shape index (κ2) is 16.4. The van der Waals surface area contributed by atoms with Crippen molar-refractivity contribution in [2.75, 3.05) is 38.2 Å². The fourth-order valence-electron chi connectivity index (χ4n) is 8.18. The lowest BCUT2D eigenvalue weighted by molar-refractivity contribution is -0.437. The normalized spacial score (nSPS) is 19.0. The second-order valence-electron chi connectivity index (χ2n) is 15.6. The SMILES string of the molecule is CCCN1/C(=C/C=C2\CCCC(/C=C/C3=[N+](CCC)c4ccccc4C3(C)C)=C2OCCN(C)C(=O)OCc2ccccc2)C(C)(C)c2ccccc21. The van der Waals surface area contributed by atoms with Crippen LogP contribution in [0.15, 0.2) is 126 Å². The second-order valence-corrected chi connectivity index (χ2v) is 15.6. The van der Waals surface area contributed by atoms with E-state index < -0.39 is 0 Å². The Labute approximate surface area is 317 Å². The highest BCUT2D eigenvalue weighted by molar-refractivity contribution is 6.03. The molecule has 3 aliphatic rings. The number of para-hydroxylation sites is 2. The first-order valence-corrected chi connectivity index (χ1v) is 19.6. The Morgan fingerprint density at radius 3 is 2.32 bits per heavy atom. The summed E-state index contributed by atoms with van der Waals surface area (Å²) in [4.78, 5) is 17.0. The van der Waals surface area contributed by atoms with Crippen molar-refractivity contribution in [2.45, 2.75) is 91.1 Å². The van der Waals surface area contributed by atoms with Crippen LogP contribution >= 0.6 is 0 Å². The topological polar surface area (TPSA) is 45.0 Å². The molecule has 0 bridgehead atoms. The van der Waals surface area contributed by atoms with E-state index in [0.717, 1.165) is 56.5 Å². The first-order valence-electron chi connectivity index (χ1n) is 19.6. The van der Waals surface area contributed by atoms with Crippen LogP contribution in [-0.2, 0) is 26.9 Å². The maximum Gasteiger partial charge on any atom is 0.409 e. The molecule has 0 aromatic heterocycles. The lowest BCUT2D eigenvalue weighted by Gasteiger charge is -2.27. The molecular formula is C47H58N3O3+. The Hall–Kier alpha value is -4.84. The Morgan fingerprint density at radius 1 is 0.849 bits per heavy atom. The van der Waals surface area contributed by atoms with Crippen molar-refractivity contribution in [3.05, 3.63) is 142 Å². The third kappa shape index (κ3) is 7.93. The summed E-state index contributed by atoms with van der Waals surface area (Å²) in [5.74, 6) is 0.932. The summed E-state index contributed by atoms with van der Waals surface area (Å²) in [5.41, 5.74) is 11.1. The van der Waals surface area contributed by atoms with E-state index in [1.165, 1.54) is 45.1 Å². The van der Waals surface area contributed by atoms with Crippen molar-refractivity contribution in [1.29, 1.82) is 0 Å². The molecule has 2 aliphatic heterocycles. The number of rotatable bonds is 13. The molecule has 3 aromatic carbocycles. The molecular weight excluding hydrogens is 655 g/mol. The van der Waals surface area contributed by atoms with Gasteiger partial charge in [-0.25, -0.2) is 4.79 Å². The van der Waals surface area contributed by atoms with Crippen LogP contribution in [0.3, 0.4) is 0 Å². The Morgan fingerprint density at radius 2 is 1.57 bits per heavy atom. The molecule has 2 heterocycles. The molecule has 3 aromatic rings. The monoisotopic (exact) mass is 712 g/mol. The number of carbonyl (C=O) groups excluding carboxylic acids is 1. The summed E-state index contributed by atoms with van der Waals surface area (Å²) in [6.07, 6.45) is 14.0. The number of carbonyl (C=O) groups is 1. The number of anilines is 1. The van der Waals surface area contributed by atoms with Gasteiger partial charge in [-0.3, -0.25) is 0 Å². The number of amides is 1. The van der Waals surface area contributed by atoms with Crippen molar-refractivity contribution in [1.82, 2.24) is 4.90 Å². The standard InChI is InChI=1S/C47H58N3O3/c1-8-30-49-40-24-15-13-22-38(40)46(3,4)42(49)28-26-36-20-17-21-37(27-29-43-47(5,6)39-23-14-16-25-41(39)50(43)31-9-2)44(36)52-33-32-48(7)45(51)53-34-35-18-11-10-12-19-35/h10-16,18-19,22-29H,8-9,17,20-21,30-34H2,1-7H3/q+1. The van der Waals surface area contributed by atoms with Crippen LogP contribution in [0.1, 0.15) is 90.3 Å². The van der Waals surface area contributed by atoms with Crippen LogP contribution in [0.25, 0.3) is 0 Å². The van der Waals surface area contributed by atoms with E-state index in [1.807, 2.05) is 30.3 Å². The van der Waals surface area contributed by atoms with E-state index in [0.29, 0.717) is 13.2 Å². The summed E-state index contributed by atoms with van der Waals surface area (Å²) < 4.78 is 14.8. The van der Waals surface area contributed by atoms with Gasteiger partial charge in [0, 0.05) is 54.5 Å². The lowest BCUT2D eigenvalue weighted by Crippen LogP contribution is -2.31. The zero-order valence-corrected chi connectivity index (χ0v) is 33.0. The molecule has 1 amide bonds. The summed E-state index contributed by atoms with van der Waals surface area (Å²) in [6, 6.07) is 27.4. The zero-order valence-electron chi connectivity index (χ0n) is 33.0. The molecule has 0 radical (unpaired) electrons. The number of ether oxygens (including phenoxy) is 2. The van der Waals surface area contributed by atoms with Gasteiger partial charge in [-0.2, -0.15) is 4.58 Å². The molecule has 0 fully saturated rings. The predicted molar refractivity (Wildman–Crippen MR) is 218 cm³/mol. The summed E-state index contributed by atoms with van der Waals surface area (Å²) in [6.45, 7) is 16.8. The van der Waals surface area contributed by atoms with Gasteiger partial charge >= 0.3 is 6.09 Å². The minimum Gasteiger partial charge on any atom is -0.491 e. The molecule has 6 nitrogen and oxygen atoms in total. The van der Waals surface area contributed by atoms with Crippen LogP contribution < -0.4 is 4.90 Å².